The molecule has 5 aromatic rings. The molecule has 5 rings (SSSR count). The molecule has 3 unspecified atom stereocenters. The number of aromatic nitrogens is 2. The lowest BCUT2D eigenvalue weighted by atomic mass is 9.87. The van der Waals surface area contributed by atoms with Crippen LogP contribution in [0.2, 0.25) is 0 Å². The van der Waals surface area contributed by atoms with E-state index in [0.717, 1.165) is 39.1 Å². The highest BCUT2D eigenvalue weighted by molar-refractivity contribution is 5.91. The summed E-state index contributed by atoms with van der Waals surface area (Å²) in [5, 5.41) is 34.4. The molecule has 1 heterocycles. The Hall–Kier alpha value is -5.06. The lowest BCUT2D eigenvalue weighted by Crippen LogP contribution is -2.55. The number of carbonyl (C=O) groups excluding carboxylic acids is 3. The van der Waals surface area contributed by atoms with Crippen molar-refractivity contribution >= 4 is 39.3 Å². The summed E-state index contributed by atoms with van der Waals surface area (Å²) >= 11 is 0. The minimum atomic E-state index is -1.19. The number of imidazole rings is 1. The number of benzene rings is 4. The van der Waals surface area contributed by atoms with Gasteiger partial charge in [0.05, 0.1) is 37.5 Å². The van der Waals surface area contributed by atoms with Crippen LogP contribution in [0.4, 0.5) is 0 Å². The minimum Gasteiger partial charge on any atom is -0.394 e. The third-order valence-electron chi connectivity index (χ3n) is 10.5. The van der Waals surface area contributed by atoms with Crippen molar-refractivity contribution in [1.29, 1.82) is 0 Å². The summed E-state index contributed by atoms with van der Waals surface area (Å²) in [6.07, 6.45) is 3.92. The van der Waals surface area contributed by atoms with E-state index in [1.54, 1.807) is 6.20 Å². The van der Waals surface area contributed by atoms with Crippen molar-refractivity contribution in [3.63, 3.8) is 0 Å². The molecular weight excluding hydrogens is 679 g/mol. The van der Waals surface area contributed by atoms with E-state index in [1.807, 2.05) is 64.1 Å². The SMILES string of the molecule is CCC(C)[C@@H](CO)NC(=O)CC(O)C(CC(C)C)NC(=O)[C@H](Cc1cnc[nH]1)NC(=O)C(Cc1cccc2ccccc12)Cc1cccc2ccccc12. The number of amides is 3. The largest absolute Gasteiger partial charge is 0.394 e. The van der Waals surface area contributed by atoms with Crippen LogP contribution in [-0.2, 0) is 33.6 Å². The number of carbonyl (C=O) groups is 3. The molecule has 0 aliphatic heterocycles. The molecule has 286 valence electrons. The average molecular weight is 734 g/mol. The Labute approximate surface area is 318 Å². The molecule has 6 N–H and O–H groups in total. The zero-order chi connectivity index (χ0) is 38.6. The van der Waals surface area contributed by atoms with Gasteiger partial charge in [-0.05, 0) is 63.8 Å². The number of rotatable bonds is 19. The van der Waals surface area contributed by atoms with Gasteiger partial charge in [0.15, 0.2) is 0 Å². The number of nitrogens with zero attached hydrogens (tertiary/aromatic N) is 1. The maximum absolute atomic E-state index is 14.6. The number of hydrogen-bond acceptors (Lipinski definition) is 6. The molecule has 10 nitrogen and oxygen atoms in total. The molecule has 4 aromatic carbocycles. The molecule has 1 aromatic heterocycles. The van der Waals surface area contributed by atoms with Gasteiger partial charge in [-0.15, -0.1) is 0 Å². The number of aromatic amines is 1. The molecule has 10 heteroatoms. The van der Waals surface area contributed by atoms with Gasteiger partial charge in [-0.1, -0.05) is 119 Å². The molecule has 5 atom stereocenters. The van der Waals surface area contributed by atoms with Gasteiger partial charge in [0.2, 0.25) is 17.7 Å². The Morgan fingerprint density at radius 1 is 0.741 bits per heavy atom. The Bertz CT molecular complexity index is 1890. The molecule has 0 saturated carbocycles. The zero-order valence-corrected chi connectivity index (χ0v) is 31.8. The van der Waals surface area contributed by atoms with Crippen LogP contribution in [0.1, 0.15) is 63.8 Å². The highest BCUT2D eigenvalue weighted by Gasteiger charge is 2.32. The van der Waals surface area contributed by atoms with Crippen molar-refractivity contribution in [2.45, 2.75) is 90.4 Å². The van der Waals surface area contributed by atoms with Crippen LogP contribution in [0.25, 0.3) is 21.5 Å². The number of H-pyrrole nitrogens is 1. The van der Waals surface area contributed by atoms with E-state index in [2.05, 4.69) is 74.4 Å². The molecule has 0 radical (unpaired) electrons. The van der Waals surface area contributed by atoms with E-state index in [-0.39, 0.29) is 37.2 Å². The third kappa shape index (κ3) is 10.8. The van der Waals surface area contributed by atoms with E-state index in [0.29, 0.717) is 25.0 Å². The predicted molar refractivity (Wildman–Crippen MR) is 213 cm³/mol. The molecular formula is C44H55N5O5. The van der Waals surface area contributed by atoms with Crippen molar-refractivity contribution < 1.29 is 24.6 Å². The summed E-state index contributed by atoms with van der Waals surface area (Å²) in [7, 11) is 0. The number of hydrogen-bond donors (Lipinski definition) is 6. The zero-order valence-electron chi connectivity index (χ0n) is 31.8. The van der Waals surface area contributed by atoms with E-state index in [4.69, 9.17) is 0 Å². The number of fused-ring (bicyclic) bond motifs is 2. The molecule has 0 fully saturated rings. The maximum atomic E-state index is 14.6. The average Bonchev–Trinajstić information content (AvgIpc) is 3.69. The normalized spacial score (nSPS) is 14.4. The van der Waals surface area contributed by atoms with Crippen LogP contribution in [0.5, 0.6) is 0 Å². The summed E-state index contributed by atoms with van der Waals surface area (Å²) in [5.74, 6) is -1.52. The summed E-state index contributed by atoms with van der Waals surface area (Å²) in [4.78, 5) is 49.0. The van der Waals surface area contributed by atoms with Gasteiger partial charge in [-0.25, -0.2) is 4.98 Å². The second-order valence-electron chi connectivity index (χ2n) is 15.0. The quantitative estimate of drug-likeness (QED) is 0.0645. The summed E-state index contributed by atoms with van der Waals surface area (Å²) in [6.45, 7) is 7.68. The Kier molecular flexibility index (Phi) is 14.4. The van der Waals surface area contributed by atoms with Crippen LogP contribution in [0.15, 0.2) is 97.5 Å². The van der Waals surface area contributed by atoms with E-state index in [9.17, 15) is 24.6 Å². The van der Waals surface area contributed by atoms with E-state index in [1.165, 1.54) is 6.33 Å². The first kappa shape index (κ1) is 40.1. The fourth-order valence-electron chi connectivity index (χ4n) is 7.20. The summed E-state index contributed by atoms with van der Waals surface area (Å²) < 4.78 is 0. The first-order valence-electron chi connectivity index (χ1n) is 19.2. The lowest BCUT2D eigenvalue weighted by Gasteiger charge is -2.29. The van der Waals surface area contributed by atoms with E-state index >= 15 is 0 Å². The minimum absolute atomic E-state index is 0.0548. The van der Waals surface area contributed by atoms with Gasteiger partial charge in [0, 0.05) is 24.2 Å². The van der Waals surface area contributed by atoms with Gasteiger partial charge in [0.1, 0.15) is 6.04 Å². The monoisotopic (exact) mass is 733 g/mol. The highest BCUT2D eigenvalue weighted by Crippen LogP contribution is 2.27. The van der Waals surface area contributed by atoms with E-state index < -0.39 is 42.0 Å². The molecule has 0 aliphatic carbocycles. The number of aliphatic hydroxyl groups excluding tert-OH is 2. The van der Waals surface area contributed by atoms with Crippen molar-refractivity contribution in [1.82, 2.24) is 25.9 Å². The lowest BCUT2D eigenvalue weighted by molar-refractivity contribution is -0.132. The summed E-state index contributed by atoms with van der Waals surface area (Å²) in [5.41, 5.74) is 2.74. The molecule has 0 saturated heterocycles. The van der Waals surface area contributed by atoms with Crippen molar-refractivity contribution in [3.8, 4) is 0 Å². The van der Waals surface area contributed by atoms with Gasteiger partial charge >= 0.3 is 0 Å². The van der Waals surface area contributed by atoms with Crippen LogP contribution in [0, 0.1) is 17.8 Å². The molecule has 0 spiro atoms. The van der Waals surface area contributed by atoms with Crippen LogP contribution < -0.4 is 16.0 Å². The van der Waals surface area contributed by atoms with Gasteiger partial charge in [0.25, 0.3) is 0 Å². The van der Waals surface area contributed by atoms with Crippen LogP contribution in [-0.4, -0.2) is 68.7 Å². The number of aliphatic hydroxyl groups is 2. The Morgan fingerprint density at radius 3 is 1.87 bits per heavy atom. The first-order valence-corrected chi connectivity index (χ1v) is 19.2. The summed E-state index contributed by atoms with van der Waals surface area (Å²) in [6, 6.07) is 26.3. The molecule has 0 aliphatic rings. The fourth-order valence-corrected chi connectivity index (χ4v) is 7.20. The molecule has 3 amide bonds. The smallest absolute Gasteiger partial charge is 0.243 e. The first-order chi connectivity index (χ1) is 26.1. The molecule has 0 bridgehead atoms. The fraction of sp³-hybridized carbons (Fsp3) is 0.409. The van der Waals surface area contributed by atoms with Crippen LogP contribution >= 0.6 is 0 Å². The van der Waals surface area contributed by atoms with Crippen molar-refractivity contribution in [3.05, 3.63) is 114 Å². The second-order valence-corrected chi connectivity index (χ2v) is 15.0. The van der Waals surface area contributed by atoms with Gasteiger partial charge < -0.3 is 31.1 Å². The Balaban J connectivity index is 1.41. The van der Waals surface area contributed by atoms with Crippen molar-refractivity contribution in [2.75, 3.05) is 6.61 Å². The highest BCUT2D eigenvalue weighted by atomic mass is 16.3. The van der Waals surface area contributed by atoms with Crippen LogP contribution in [0.3, 0.4) is 0 Å². The van der Waals surface area contributed by atoms with Gasteiger partial charge in [-0.3, -0.25) is 14.4 Å². The topological polar surface area (TPSA) is 156 Å². The Morgan fingerprint density at radius 2 is 1.33 bits per heavy atom. The number of nitrogens with one attached hydrogen (secondary N) is 4. The molecule has 54 heavy (non-hydrogen) atoms. The predicted octanol–water partition coefficient (Wildman–Crippen LogP) is 5.65. The van der Waals surface area contributed by atoms with Crippen molar-refractivity contribution in [2.24, 2.45) is 17.8 Å². The third-order valence-corrected chi connectivity index (χ3v) is 10.5. The second kappa shape index (κ2) is 19.3. The standard InChI is InChI=1S/C44H55N5O5/c1-5-29(4)40(26-50)47-42(52)24-41(51)38(20-28(2)3)48-44(54)39(23-35-25-45-27-46-35)49-43(53)34(21-32-16-10-14-30-12-6-8-18-36(30)32)22-33-17-11-15-31-13-7-9-19-37(31)33/h6-19,25,27-29,34,38-41,50-51H,5,20-24,26H2,1-4H3,(H,45,46)(H,47,52)(H,48,54)(H,49,53)/t29?,38?,39-,40+,41?/m0/s1. The van der Waals surface area contributed by atoms with Gasteiger partial charge in [-0.2, -0.15) is 0 Å². The maximum Gasteiger partial charge on any atom is 0.243 e.